The molecule has 4 aromatic rings. The molecule has 4 heterocycles. The fourth-order valence-corrected chi connectivity index (χ4v) is 7.24. The first-order valence-electron chi connectivity index (χ1n) is 12.4. The summed E-state index contributed by atoms with van der Waals surface area (Å²) in [5.41, 5.74) is 5.40. The first-order chi connectivity index (χ1) is 18.0. The van der Waals surface area contributed by atoms with Crippen LogP contribution in [0.25, 0.3) is 0 Å². The summed E-state index contributed by atoms with van der Waals surface area (Å²) in [5, 5.41) is 3.61. The van der Waals surface area contributed by atoms with Gasteiger partial charge < -0.3 is 19.9 Å². The normalized spacial score (nSPS) is 17.6. The molecule has 2 aliphatic rings. The summed E-state index contributed by atoms with van der Waals surface area (Å²) in [6, 6.07) is 21.0. The van der Waals surface area contributed by atoms with Gasteiger partial charge in [-0.25, -0.2) is 0 Å². The number of benzene rings is 2. The average Bonchev–Trinajstić information content (AvgIpc) is 2.91. The van der Waals surface area contributed by atoms with Crippen molar-refractivity contribution in [2.24, 2.45) is 0 Å². The second kappa shape index (κ2) is 10.3. The van der Waals surface area contributed by atoms with E-state index in [0.717, 1.165) is 23.6 Å². The number of ether oxygens (including phenoxy) is 1. The molecular weight excluding hydrogens is 500 g/mol. The molecule has 2 aromatic heterocycles. The number of aryl methyl sites for hydroxylation is 1. The zero-order valence-corrected chi connectivity index (χ0v) is 22.4. The largest absolute Gasteiger partial charge is 0.377 e. The van der Waals surface area contributed by atoms with Crippen LogP contribution in [-0.2, 0) is 4.74 Å². The number of aromatic amines is 1. The molecule has 2 N–H and O–H groups in total. The van der Waals surface area contributed by atoms with Gasteiger partial charge in [0, 0.05) is 62.5 Å². The molecule has 2 unspecified atom stereocenters. The maximum atomic E-state index is 11.8. The lowest BCUT2D eigenvalue weighted by Crippen LogP contribution is -2.39. The second-order valence-corrected chi connectivity index (χ2v) is 11.5. The topological polar surface area (TPSA) is 70.2 Å². The van der Waals surface area contributed by atoms with Crippen molar-refractivity contribution in [1.82, 2.24) is 9.97 Å². The molecule has 1 fully saturated rings. The van der Waals surface area contributed by atoms with E-state index in [1.54, 1.807) is 12.3 Å². The van der Waals surface area contributed by atoms with Gasteiger partial charge in [0.25, 0.3) is 0 Å². The number of hydrogen-bond acceptors (Lipinski definition) is 7. The van der Waals surface area contributed by atoms with Crippen LogP contribution in [0, 0.1) is 6.92 Å². The summed E-state index contributed by atoms with van der Waals surface area (Å²) in [4.78, 5) is 26.3. The first-order valence-corrected chi connectivity index (χ1v) is 14.0. The molecular formula is C29H28N4O2S2. The fourth-order valence-electron chi connectivity index (χ4n) is 4.79. The van der Waals surface area contributed by atoms with Crippen molar-refractivity contribution in [2.45, 2.75) is 45.6 Å². The van der Waals surface area contributed by atoms with E-state index >= 15 is 0 Å². The van der Waals surface area contributed by atoms with Gasteiger partial charge in [-0.2, -0.15) is 0 Å². The third kappa shape index (κ3) is 5.14. The Hall–Kier alpha value is -3.20. The van der Waals surface area contributed by atoms with Crippen molar-refractivity contribution in [3.05, 3.63) is 100 Å². The molecule has 1 saturated heterocycles. The maximum Gasteiger partial charge on any atom is 0.249 e. The molecule has 0 amide bonds. The maximum absolute atomic E-state index is 11.8. The van der Waals surface area contributed by atoms with Crippen LogP contribution in [-0.4, -0.2) is 29.7 Å². The summed E-state index contributed by atoms with van der Waals surface area (Å²) in [5.74, 6) is 0. The van der Waals surface area contributed by atoms with Gasteiger partial charge in [0.15, 0.2) is 0 Å². The van der Waals surface area contributed by atoms with Crippen molar-refractivity contribution < 1.29 is 4.74 Å². The summed E-state index contributed by atoms with van der Waals surface area (Å²) >= 11 is 3.62. The van der Waals surface area contributed by atoms with E-state index in [1.807, 2.05) is 41.9 Å². The minimum atomic E-state index is -0.0837. The molecule has 8 heteroatoms. The second-order valence-electron chi connectivity index (χ2n) is 9.38. The van der Waals surface area contributed by atoms with Gasteiger partial charge in [-0.15, -0.1) is 0 Å². The third-order valence-electron chi connectivity index (χ3n) is 6.69. The molecule has 2 aliphatic heterocycles. The Morgan fingerprint density at radius 2 is 2.00 bits per heavy atom. The predicted octanol–water partition coefficient (Wildman–Crippen LogP) is 6.45. The number of morpholine rings is 1. The van der Waals surface area contributed by atoms with E-state index < -0.39 is 0 Å². The molecule has 0 radical (unpaired) electrons. The Morgan fingerprint density at radius 1 is 1.08 bits per heavy atom. The predicted molar refractivity (Wildman–Crippen MR) is 150 cm³/mol. The highest BCUT2D eigenvalue weighted by molar-refractivity contribution is 8.05. The molecule has 0 saturated carbocycles. The number of nitrogens with one attached hydrogen (secondary N) is 2. The third-order valence-corrected chi connectivity index (χ3v) is 9.30. The van der Waals surface area contributed by atoms with Crippen molar-refractivity contribution in [1.29, 1.82) is 0 Å². The zero-order valence-electron chi connectivity index (χ0n) is 20.7. The zero-order chi connectivity index (χ0) is 25.4. The highest BCUT2D eigenvalue weighted by Crippen LogP contribution is 2.52. The Kier molecular flexibility index (Phi) is 6.71. The number of H-pyrrole nitrogens is 1. The Labute approximate surface area is 224 Å². The number of anilines is 2. The molecule has 0 spiro atoms. The average molecular weight is 529 g/mol. The lowest BCUT2D eigenvalue weighted by atomic mass is 10.1. The highest BCUT2D eigenvalue weighted by Gasteiger charge is 2.28. The summed E-state index contributed by atoms with van der Waals surface area (Å²) in [6.07, 6.45) is 3.52. The van der Waals surface area contributed by atoms with E-state index in [4.69, 9.17) is 4.74 Å². The monoisotopic (exact) mass is 528 g/mol. The Morgan fingerprint density at radius 3 is 2.86 bits per heavy atom. The summed E-state index contributed by atoms with van der Waals surface area (Å²) in [7, 11) is 0. The van der Waals surface area contributed by atoms with Crippen LogP contribution in [0.4, 0.5) is 11.4 Å². The van der Waals surface area contributed by atoms with E-state index in [1.165, 1.54) is 30.7 Å². The Bertz CT molecular complexity index is 1510. The lowest BCUT2D eigenvalue weighted by molar-refractivity contribution is 0.0379. The van der Waals surface area contributed by atoms with Gasteiger partial charge in [0.2, 0.25) is 5.56 Å². The van der Waals surface area contributed by atoms with Crippen LogP contribution >= 0.6 is 23.5 Å². The van der Waals surface area contributed by atoms with Crippen LogP contribution in [0.2, 0.25) is 0 Å². The minimum absolute atomic E-state index is 0.0544. The van der Waals surface area contributed by atoms with Crippen molar-refractivity contribution in [3.63, 3.8) is 0 Å². The SMILES string of the molecule is Cc1ccnc(C(C)Nc2ccc3c(c2)Sc2cccc(C4CN(c5cc[nH]c(=O)c5)CCO4)c2S3)c1. The van der Waals surface area contributed by atoms with Gasteiger partial charge in [0.05, 0.1) is 18.3 Å². The van der Waals surface area contributed by atoms with Crippen LogP contribution in [0.3, 0.4) is 0 Å². The quantitative estimate of drug-likeness (QED) is 0.272. The van der Waals surface area contributed by atoms with Gasteiger partial charge in [0.1, 0.15) is 6.10 Å². The molecule has 37 heavy (non-hydrogen) atoms. The summed E-state index contributed by atoms with van der Waals surface area (Å²) < 4.78 is 6.25. The molecule has 2 atom stereocenters. The first kappa shape index (κ1) is 24.2. The molecule has 0 aliphatic carbocycles. The van der Waals surface area contributed by atoms with E-state index in [0.29, 0.717) is 13.2 Å². The van der Waals surface area contributed by atoms with Crippen LogP contribution in [0.5, 0.6) is 0 Å². The standard InChI is InChI=1S/C29H28N4O2S2/c1-18-8-10-30-23(14-18)19(2)32-20-6-7-25-27(15-20)36-26-5-3-4-22(29(26)37-25)24-17-33(12-13-35-24)21-9-11-31-28(34)16-21/h3-11,14-16,19,24,32H,12-13,17H2,1-2H3,(H,31,34). The van der Waals surface area contributed by atoms with E-state index in [-0.39, 0.29) is 17.7 Å². The van der Waals surface area contributed by atoms with E-state index in [2.05, 4.69) is 76.5 Å². The number of hydrogen-bond donors (Lipinski definition) is 2. The Balaban J connectivity index is 1.22. The van der Waals surface area contributed by atoms with Gasteiger partial charge >= 0.3 is 0 Å². The van der Waals surface area contributed by atoms with Crippen LogP contribution < -0.4 is 15.8 Å². The minimum Gasteiger partial charge on any atom is -0.377 e. The molecule has 6 rings (SSSR count). The smallest absolute Gasteiger partial charge is 0.249 e. The van der Waals surface area contributed by atoms with Crippen LogP contribution in [0.1, 0.15) is 35.9 Å². The molecule has 0 bridgehead atoms. The van der Waals surface area contributed by atoms with Crippen molar-refractivity contribution in [2.75, 3.05) is 29.9 Å². The van der Waals surface area contributed by atoms with Crippen molar-refractivity contribution >= 4 is 34.9 Å². The number of nitrogens with zero attached hydrogens (tertiary/aromatic N) is 2. The van der Waals surface area contributed by atoms with Crippen molar-refractivity contribution in [3.8, 4) is 0 Å². The van der Waals surface area contributed by atoms with Gasteiger partial charge in [-0.3, -0.25) is 9.78 Å². The lowest BCUT2D eigenvalue weighted by Gasteiger charge is -2.36. The summed E-state index contributed by atoms with van der Waals surface area (Å²) in [6.45, 7) is 6.34. The number of rotatable bonds is 5. The number of aromatic nitrogens is 2. The molecule has 2 aromatic carbocycles. The molecule has 188 valence electrons. The number of fused-ring (bicyclic) bond motifs is 2. The van der Waals surface area contributed by atoms with Crippen LogP contribution in [0.15, 0.2) is 97.4 Å². The fraction of sp³-hybridized carbons (Fsp3) is 0.241. The van der Waals surface area contributed by atoms with Gasteiger partial charge in [-0.05, 0) is 67.4 Å². The molecule has 6 nitrogen and oxygen atoms in total. The number of pyridine rings is 2. The van der Waals surface area contributed by atoms with Gasteiger partial charge in [-0.1, -0.05) is 35.7 Å². The van der Waals surface area contributed by atoms with E-state index in [9.17, 15) is 4.79 Å². The highest BCUT2D eigenvalue weighted by atomic mass is 32.2.